The highest BCUT2D eigenvalue weighted by Crippen LogP contribution is 2.25. The smallest absolute Gasteiger partial charge is 0.119 e. The Balaban J connectivity index is 2.81. The second kappa shape index (κ2) is 6.56. The molecule has 0 saturated carbocycles. The monoisotopic (exact) mass is 239 g/mol. The molecule has 0 aliphatic heterocycles. The average Bonchev–Trinajstić information content (AvgIpc) is 2.32. The molecule has 0 fully saturated rings. The van der Waals surface area contributed by atoms with Crippen LogP contribution in [0.25, 0.3) is 0 Å². The lowest BCUT2D eigenvalue weighted by Gasteiger charge is -2.14. The summed E-state index contributed by atoms with van der Waals surface area (Å²) in [5.41, 5.74) is 9.42. The topological polar surface area (TPSA) is 35.2 Å². The Morgan fingerprint density at radius 2 is 2.06 bits per heavy atom. The van der Waals surface area contributed by atoms with Gasteiger partial charge in [-0.25, -0.2) is 0 Å². The lowest BCUT2D eigenvalue weighted by atomic mass is 9.94. The largest absolute Gasteiger partial charge is 0.494 e. The first-order valence-electron chi connectivity index (χ1n) is 5.44. The molecule has 2 N–H and O–H groups in total. The molecule has 0 aromatic heterocycles. The second-order valence-electron chi connectivity index (χ2n) is 3.61. The zero-order valence-electron chi connectivity index (χ0n) is 9.74. The fourth-order valence-corrected chi connectivity index (χ4v) is 1.83. The minimum absolute atomic E-state index is 0.248. The summed E-state index contributed by atoms with van der Waals surface area (Å²) < 4.78 is 5.39. The van der Waals surface area contributed by atoms with Crippen LogP contribution in [0, 0.1) is 0 Å². The maximum Gasteiger partial charge on any atom is 0.119 e. The number of hydrogen-bond donors (Lipinski definition) is 1. The molecule has 88 valence electrons. The zero-order valence-corrected chi connectivity index (χ0v) is 10.5. The molecule has 1 unspecified atom stereocenters. The van der Waals surface area contributed by atoms with Crippen LogP contribution in [0.4, 0.5) is 0 Å². The van der Waals surface area contributed by atoms with Crippen LogP contribution in [-0.2, 0) is 0 Å². The summed E-state index contributed by atoms with van der Waals surface area (Å²) in [5.74, 6) is 1.14. The molecule has 3 heteroatoms. The van der Waals surface area contributed by atoms with Crippen LogP contribution in [0.15, 0.2) is 35.4 Å². The van der Waals surface area contributed by atoms with Crippen LogP contribution in [0.3, 0.4) is 0 Å². The second-order valence-corrected chi connectivity index (χ2v) is 3.83. The highest BCUT2D eigenvalue weighted by Gasteiger charge is 2.09. The lowest BCUT2D eigenvalue weighted by Crippen LogP contribution is -2.09. The van der Waals surface area contributed by atoms with Gasteiger partial charge in [-0.1, -0.05) is 30.7 Å². The quantitative estimate of drug-likeness (QED) is 0.856. The fourth-order valence-electron chi connectivity index (χ4n) is 1.55. The zero-order chi connectivity index (χ0) is 12.0. The summed E-state index contributed by atoms with van der Waals surface area (Å²) >= 11 is 5.73. The SMILES string of the molecule is CCOc1ccc(C(C)/C(=C/Cl)CN)cc1. The molecule has 0 amide bonds. The van der Waals surface area contributed by atoms with E-state index in [2.05, 4.69) is 6.92 Å². The Labute approximate surface area is 102 Å². The Bertz CT molecular complexity index is 345. The van der Waals surface area contributed by atoms with Crippen LogP contribution in [0.2, 0.25) is 0 Å². The molecule has 16 heavy (non-hydrogen) atoms. The van der Waals surface area contributed by atoms with Crippen molar-refractivity contribution >= 4 is 11.6 Å². The predicted octanol–water partition coefficient (Wildman–Crippen LogP) is 3.27. The van der Waals surface area contributed by atoms with E-state index in [0.717, 1.165) is 11.3 Å². The van der Waals surface area contributed by atoms with Crippen LogP contribution >= 0.6 is 11.6 Å². The van der Waals surface area contributed by atoms with Crippen molar-refractivity contribution in [2.45, 2.75) is 19.8 Å². The van der Waals surface area contributed by atoms with E-state index in [1.54, 1.807) is 5.54 Å². The Morgan fingerprint density at radius 3 is 2.50 bits per heavy atom. The molecule has 1 rings (SSSR count). The van der Waals surface area contributed by atoms with Crippen molar-refractivity contribution in [2.75, 3.05) is 13.2 Å². The van der Waals surface area contributed by atoms with Crippen molar-refractivity contribution in [1.82, 2.24) is 0 Å². The number of hydrogen-bond acceptors (Lipinski definition) is 2. The highest BCUT2D eigenvalue weighted by atomic mass is 35.5. The molecule has 0 aliphatic carbocycles. The van der Waals surface area contributed by atoms with E-state index in [-0.39, 0.29) is 5.92 Å². The van der Waals surface area contributed by atoms with E-state index in [1.165, 1.54) is 5.56 Å². The van der Waals surface area contributed by atoms with Gasteiger partial charge in [-0.15, -0.1) is 0 Å². The fraction of sp³-hybridized carbons (Fsp3) is 0.385. The summed E-state index contributed by atoms with van der Waals surface area (Å²) in [4.78, 5) is 0. The van der Waals surface area contributed by atoms with Gasteiger partial charge in [-0.2, -0.15) is 0 Å². The predicted molar refractivity (Wildman–Crippen MR) is 69.0 cm³/mol. The molecule has 0 aliphatic rings. The van der Waals surface area contributed by atoms with Crippen LogP contribution in [-0.4, -0.2) is 13.2 Å². The van der Waals surface area contributed by atoms with E-state index in [4.69, 9.17) is 22.1 Å². The number of nitrogens with two attached hydrogens (primary N) is 1. The maximum atomic E-state index is 5.73. The normalized spacial score (nSPS) is 13.6. The molecule has 2 nitrogen and oxygen atoms in total. The number of rotatable bonds is 5. The van der Waals surface area contributed by atoms with Crippen LogP contribution in [0.1, 0.15) is 25.3 Å². The van der Waals surface area contributed by atoms with Crippen molar-refractivity contribution < 1.29 is 4.74 Å². The van der Waals surface area contributed by atoms with Gasteiger partial charge in [-0.05, 0) is 30.2 Å². The summed E-state index contributed by atoms with van der Waals surface area (Å²) in [5, 5.41) is 0. The summed E-state index contributed by atoms with van der Waals surface area (Å²) in [6.07, 6.45) is 0. The van der Waals surface area contributed by atoms with E-state index in [0.29, 0.717) is 13.2 Å². The summed E-state index contributed by atoms with van der Waals surface area (Å²) in [6.45, 7) is 5.23. The molecule has 0 saturated heterocycles. The molecular formula is C13H18ClNO. The number of ether oxygens (including phenoxy) is 1. The standard InChI is InChI=1S/C13H18ClNO/c1-3-16-13-6-4-11(5-7-13)10(2)12(8-14)9-15/h4-8,10H,3,9,15H2,1-2H3/b12-8+. The van der Waals surface area contributed by atoms with Crippen LogP contribution < -0.4 is 10.5 Å². The van der Waals surface area contributed by atoms with Gasteiger partial charge < -0.3 is 10.5 Å². The Kier molecular flexibility index (Phi) is 5.36. The van der Waals surface area contributed by atoms with Crippen molar-refractivity contribution in [1.29, 1.82) is 0 Å². The molecular weight excluding hydrogens is 222 g/mol. The molecule has 0 heterocycles. The Hall–Kier alpha value is -0.990. The molecule has 0 radical (unpaired) electrons. The van der Waals surface area contributed by atoms with E-state index in [9.17, 15) is 0 Å². The van der Waals surface area contributed by atoms with Crippen molar-refractivity contribution in [3.8, 4) is 5.75 Å². The Morgan fingerprint density at radius 1 is 1.44 bits per heavy atom. The molecule has 0 spiro atoms. The van der Waals surface area contributed by atoms with Crippen molar-refractivity contribution in [3.05, 3.63) is 40.9 Å². The van der Waals surface area contributed by atoms with Gasteiger partial charge in [0.15, 0.2) is 0 Å². The van der Waals surface area contributed by atoms with Crippen molar-refractivity contribution in [3.63, 3.8) is 0 Å². The first-order chi connectivity index (χ1) is 7.72. The third-order valence-electron chi connectivity index (χ3n) is 2.62. The van der Waals surface area contributed by atoms with Crippen molar-refractivity contribution in [2.24, 2.45) is 5.73 Å². The summed E-state index contributed by atoms with van der Waals surface area (Å²) in [7, 11) is 0. The van der Waals surface area contributed by atoms with E-state index >= 15 is 0 Å². The van der Waals surface area contributed by atoms with Gasteiger partial charge >= 0.3 is 0 Å². The van der Waals surface area contributed by atoms with E-state index in [1.807, 2.05) is 31.2 Å². The lowest BCUT2D eigenvalue weighted by molar-refractivity contribution is 0.340. The van der Waals surface area contributed by atoms with Gasteiger partial charge in [-0.3, -0.25) is 0 Å². The number of benzene rings is 1. The highest BCUT2D eigenvalue weighted by molar-refractivity contribution is 6.25. The maximum absolute atomic E-state index is 5.73. The van der Waals surface area contributed by atoms with Gasteiger partial charge in [0.05, 0.1) is 6.61 Å². The van der Waals surface area contributed by atoms with Crippen LogP contribution in [0.5, 0.6) is 5.75 Å². The summed E-state index contributed by atoms with van der Waals surface area (Å²) in [6, 6.07) is 8.03. The minimum Gasteiger partial charge on any atom is -0.494 e. The molecule has 0 bridgehead atoms. The number of halogens is 1. The van der Waals surface area contributed by atoms with Gasteiger partial charge in [0.25, 0.3) is 0 Å². The van der Waals surface area contributed by atoms with Gasteiger partial charge in [0.1, 0.15) is 5.75 Å². The van der Waals surface area contributed by atoms with Gasteiger partial charge in [0, 0.05) is 18.0 Å². The molecule has 1 aromatic rings. The third-order valence-corrected chi connectivity index (χ3v) is 2.90. The molecule has 1 atom stereocenters. The van der Waals surface area contributed by atoms with E-state index < -0.39 is 0 Å². The third kappa shape index (κ3) is 3.26. The molecule has 1 aromatic carbocycles. The average molecular weight is 240 g/mol. The first-order valence-corrected chi connectivity index (χ1v) is 5.88. The van der Waals surface area contributed by atoms with Gasteiger partial charge in [0.2, 0.25) is 0 Å². The first kappa shape index (κ1) is 13.1. The minimum atomic E-state index is 0.248.